The first kappa shape index (κ1) is 11.7. The summed E-state index contributed by atoms with van der Waals surface area (Å²) in [7, 11) is 0. The number of rotatable bonds is 1. The molecule has 2 heteroatoms. The highest BCUT2D eigenvalue weighted by Gasteiger charge is 2.25. The second-order valence-electron chi connectivity index (χ2n) is 5.67. The summed E-state index contributed by atoms with van der Waals surface area (Å²) in [5.41, 5.74) is 5.98. The van der Waals surface area contributed by atoms with Crippen LogP contribution in [0.2, 0.25) is 0 Å². The molecule has 0 unspecified atom stereocenters. The van der Waals surface area contributed by atoms with E-state index in [1.165, 1.54) is 23.1 Å². The Labute approximate surface area is 119 Å². The van der Waals surface area contributed by atoms with Gasteiger partial charge >= 0.3 is 0 Å². The molecule has 1 amide bonds. The number of carbonyl (C=O) groups excluding carboxylic acids is 1. The van der Waals surface area contributed by atoms with Gasteiger partial charge in [-0.2, -0.15) is 0 Å². The lowest BCUT2D eigenvalue weighted by atomic mass is 10.1. The van der Waals surface area contributed by atoms with Crippen LogP contribution < -0.4 is 4.90 Å². The SMILES string of the molecule is O=C(c1ccc2c(c1)CCC2)N1CCc2ccccc21. The molecule has 2 nitrogen and oxygen atoms in total. The second kappa shape index (κ2) is 4.48. The van der Waals surface area contributed by atoms with Crippen LogP contribution in [-0.4, -0.2) is 12.5 Å². The number of carbonyl (C=O) groups is 1. The van der Waals surface area contributed by atoms with Gasteiger partial charge in [0, 0.05) is 17.8 Å². The van der Waals surface area contributed by atoms with E-state index >= 15 is 0 Å². The molecule has 0 radical (unpaired) electrons. The van der Waals surface area contributed by atoms with Gasteiger partial charge in [0.25, 0.3) is 5.91 Å². The van der Waals surface area contributed by atoms with Gasteiger partial charge in [-0.1, -0.05) is 24.3 Å². The zero-order chi connectivity index (χ0) is 13.5. The Morgan fingerprint density at radius 3 is 2.70 bits per heavy atom. The summed E-state index contributed by atoms with van der Waals surface area (Å²) in [6, 6.07) is 14.4. The van der Waals surface area contributed by atoms with Crippen molar-refractivity contribution in [1.29, 1.82) is 0 Å². The van der Waals surface area contributed by atoms with Crippen LogP contribution in [0, 0.1) is 0 Å². The van der Waals surface area contributed by atoms with E-state index in [4.69, 9.17) is 0 Å². The van der Waals surface area contributed by atoms with E-state index < -0.39 is 0 Å². The van der Waals surface area contributed by atoms with Gasteiger partial charge in [0.1, 0.15) is 0 Å². The maximum Gasteiger partial charge on any atom is 0.258 e. The Bertz CT molecular complexity index is 690. The summed E-state index contributed by atoms with van der Waals surface area (Å²) < 4.78 is 0. The lowest BCUT2D eigenvalue weighted by molar-refractivity contribution is 0.0989. The lowest BCUT2D eigenvalue weighted by Gasteiger charge is -2.17. The lowest BCUT2D eigenvalue weighted by Crippen LogP contribution is -2.28. The minimum atomic E-state index is 0.143. The van der Waals surface area contributed by atoms with E-state index in [1.54, 1.807) is 0 Å². The predicted octanol–water partition coefficient (Wildman–Crippen LogP) is 3.38. The van der Waals surface area contributed by atoms with Crippen molar-refractivity contribution in [1.82, 2.24) is 0 Å². The third kappa shape index (κ3) is 1.75. The van der Waals surface area contributed by atoms with Crippen LogP contribution >= 0.6 is 0 Å². The summed E-state index contributed by atoms with van der Waals surface area (Å²) in [5, 5.41) is 0. The number of aryl methyl sites for hydroxylation is 2. The van der Waals surface area contributed by atoms with Crippen LogP contribution in [0.15, 0.2) is 42.5 Å². The molecule has 1 aliphatic carbocycles. The number of fused-ring (bicyclic) bond motifs is 2. The number of hydrogen-bond donors (Lipinski definition) is 0. The maximum atomic E-state index is 12.7. The summed E-state index contributed by atoms with van der Waals surface area (Å²) in [5.74, 6) is 0.143. The number of hydrogen-bond acceptors (Lipinski definition) is 1. The Morgan fingerprint density at radius 1 is 0.900 bits per heavy atom. The molecule has 0 saturated carbocycles. The Kier molecular flexibility index (Phi) is 2.62. The molecule has 0 N–H and O–H groups in total. The smallest absolute Gasteiger partial charge is 0.258 e. The maximum absolute atomic E-state index is 12.7. The molecular formula is C18H17NO. The first-order valence-corrected chi connectivity index (χ1v) is 7.34. The highest BCUT2D eigenvalue weighted by molar-refractivity contribution is 6.07. The number of benzene rings is 2. The molecule has 0 spiro atoms. The standard InChI is InChI=1S/C18H17NO/c20-18(16-9-8-13-5-3-6-15(13)12-16)19-11-10-14-4-1-2-7-17(14)19/h1-2,4,7-9,12H,3,5-6,10-11H2. The van der Waals surface area contributed by atoms with Crippen molar-refractivity contribution in [3.05, 3.63) is 64.7 Å². The van der Waals surface area contributed by atoms with Crippen molar-refractivity contribution in [2.24, 2.45) is 0 Å². The molecule has 100 valence electrons. The molecule has 2 aromatic rings. The van der Waals surface area contributed by atoms with Crippen LogP contribution in [0.5, 0.6) is 0 Å². The fourth-order valence-electron chi connectivity index (χ4n) is 3.41. The third-order valence-corrected chi connectivity index (χ3v) is 4.48. The van der Waals surface area contributed by atoms with Crippen molar-refractivity contribution < 1.29 is 4.79 Å². The highest BCUT2D eigenvalue weighted by atomic mass is 16.2. The molecule has 0 saturated heterocycles. The molecule has 1 aliphatic heterocycles. The van der Waals surface area contributed by atoms with Crippen LogP contribution in [0.1, 0.15) is 33.5 Å². The van der Waals surface area contributed by atoms with Crippen LogP contribution in [0.4, 0.5) is 5.69 Å². The van der Waals surface area contributed by atoms with E-state index in [2.05, 4.69) is 18.2 Å². The van der Waals surface area contributed by atoms with Gasteiger partial charge in [-0.05, 0) is 60.6 Å². The molecule has 0 fully saturated rings. The quantitative estimate of drug-likeness (QED) is 0.772. The average molecular weight is 263 g/mol. The van der Waals surface area contributed by atoms with Crippen molar-refractivity contribution in [2.75, 3.05) is 11.4 Å². The number of nitrogens with zero attached hydrogens (tertiary/aromatic N) is 1. The van der Waals surface area contributed by atoms with Gasteiger partial charge in [0.15, 0.2) is 0 Å². The first-order chi connectivity index (χ1) is 9.83. The largest absolute Gasteiger partial charge is 0.308 e. The highest BCUT2D eigenvalue weighted by Crippen LogP contribution is 2.30. The van der Waals surface area contributed by atoms with Crippen molar-refractivity contribution >= 4 is 11.6 Å². The molecule has 2 aromatic carbocycles. The van der Waals surface area contributed by atoms with Gasteiger partial charge in [0.05, 0.1) is 0 Å². The molecule has 0 aromatic heterocycles. The van der Waals surface area contributed by atoms with E-state index in [9.17, 15) is 4.79 Å². The van der Waals surface area contributed by atoms with Crippen LogP contribution in [0.25, 0.3) is 0 Å². The fourth-order valence-corrected chi connectivity index (χ4v) is 3.41. The zero-order valence-corrected chi connectivity index (χ0v) is 11.4. The van der Waals surface area contributed by atoms with E-state index in [-0.39, 0.29) is 5.91 Å². The predicted molar refractivity (Wildman–Crippen MR) is 80.3 cm³/mol. The number of amides is 1. The first-order valence-electron chi connectivity index (χ1n) is 7.34. The Balaban J connectivity index is 1.68. The Morgan fingerprint density at radius 2 is 1.75 bits per heavy atom. The van der Waals surface area contributed by atoms with Crippen molar-refractivity contribution in [2.45, 2.75) is 25.7 Å². The van der Waals surface area contributed by atoms with Crippen molar-refractivity contribution in [3.63, 3.8) is 0 Å². The average Bonchev–Trinajstić information content (AvgIpc) is 3.12. The molecule has 1 heterocycles. The van der Waals surface area contributed by atoms with Gasteiger partial charge in [-0.3, -0.25) is 4.79 Å². The van der Waals surface area contributed by atoms with Crippen LogP contribution in [0.3, 0.4) is 0 Å². The van der Waals surface area contributed by atoms with Gasteiger partial charge in [0.2, 0.25) is 0 Å². The zero-order valence-electron chi connectivity index (χ0n) is 11.4. The van der Waals surface area contributed by atoms with E-state index in [0.717, 1.165) is 37.1 Å². The molecule has 4 rings (SSSR count). The minimum absolute atomic E-state index is 0.143. The third-order valence-electron chi connectivity index (χ3n) is 4.48. The molecular weight excluding hydrogens is 246 g/mol. The van der Waals surface area contributed by atoms with Gasteiger partial charge < -0.3 is 4.90 Å². The fraction of sp³-hybridized carbons (Fsp3) is 0.278. The van der Waals surface area contributed by atoms with E-state index in [0.29, 0.717) is 0 Å². The molecule has 2 aliphatic rings. The number of anilines is 1. The summed E-state index contributed by atoms with van der Waals surface area (Å²) in [6.07, 6.45) is 4.47. The normalized spacial score (nSPS) is 16.1. The van der Waals surface area contributed by atoms with Crippen molar-refractivity contribution in [3.8, 4) is 0 Å². The summed E-state index contributed by atoms with van der Waals surface area (Å²) in [6.45, 7) is 0.801. The summed E-state index contributed by atoms with van der Waals surface area (Å²) >= 11 is 0. The van der Waals surface area contributed by atoms with E-state index in [1.807, 2.05) is 29.2 Å². The second-order valence-corrected chi connectivity index (χ2v) is 5.67. The monoisotopic (exact) mass is 263 g/mol. The minimum Gasteiger partial charge on any atom is -0.308 e. The topological polar surface area (TPSA) is 20.3 Å². The molecule has 0 bridgehead atoms. The Hall–Kier alpha value is -2.09. The molecule has 20 heavy (non-hydrogen) atoms. The van der Waals surface area contributed by atoms with Gasteiger partial charge in [-0.15, -0.1) is 0 Å². The van der Waals surface area contributed by atoms with Crippen LogP contribution in [-0.2, 0) is 19.3 Å². The van der Waals surface area contributed by atoms with Gasteiger partial charge in [-0.25, -0.2) is 0 Å². The summed E-state index contributed by atoms with van der Waals surface area (Å²) in [4.78, 5) is 14.7. The number of para-hydroxylation sites is 1. The molecule has 0 atom stereocenters.